The molecule has 1 aliphatic carbocycles. The van der Waals surface area contributed by atoms with E-state index in [4.69, 9.17) is 0 Å². The average molecular weight is 275 g/mol. The summed E-state index contributed by atoms with van der Waals surface area (Å²) in [6, 6.07) is 2.12. The van der Waals surface area contributed by atoms with E-state index in [2.05, 4.69) is 34.3 Å². The Bertz CT molecular complexity index is 319. The molecule has 1 aromatic rings. The highest BCUT2D eigenvalue weighted by Gasteiger charge is 2.42. The molecular formula is C11H15BrOS. The molecule has 1 aliphatic rings. The van der Waals surface area contributed by atoms with Crippen molar-refractivity contribution in [2.75, 3.05) is 0 Å². The second-order valence-corrected chi connectivity index (χ2v) is 6.05. The molecule has 0 amide bonds. The molecule has 1 aromatic heterocycles. The van der Waals surface area contributed by atoms with Crippen molar-refractivity contribution in [2.24, 2.45) is 5.92 Å². The maximum Gasteiger partial charge on any atom is 0.0721 e. The van der Waals surface area contributed by atoms with Crippen molar-refractivity contribution in [3.63, 3.8) is 0 Å². The molecule has 1 saturated carbocycles. The molecule has 14 heavy (non-hydrogen) atoms. The molecule has 0 spiro atoms. The van der Waals surface area contributed by atoms with Crippen molar-refractivity contribution >= 4 is 27.3 Å². The van der Waals surface area contributed by atoms with Gasteiger partial charge >= 0.3 is 0 Å². The molecule has 3 heteroatoms. The first-order valence-electron chi connectivity index (χ1n) is 5.09. The molecule has 0 aromatic carbocycles. The van der Waals surface area contributed by atoms with Gasteiger partial charge in [-0.25, -0.2) is 0 Å². The average Bonchev–Trinajstić information content (AvgIpc) is 2.93. The second-order valence-electron chi connectivity index (χ2n) is 4.14. The van der Waals surface area contributed by atoms with Crippen LogP contribution in [0.1, 0.15) is 31.1 Å². The SMILES string of the molecule is CCC(O)(Cc1cc(Br)cs1)C1CC1. The lowest BCUT2D eigenvalue weighted by molar-refractivity contribution is 0.0146. The zero-order chi connectivity index (χ0) is 10.2. The van der Waals surface area contributed by atoms with Crippen molar-refractivity contribution in [2.45, 2.75) is 38.2 Å². The minimum Gasteiger partial charge on any atom is -0.389 e. The van der Waals surface area contributed by atoms with E-state index in [9.17, 15) is 5.11 Å². The van der Waals surface area contributed by atoms with Crippen LogP contribution < -0.4 is 0 Å². The normalized spacial score (nSPS) is 20.8. The number of hydrogen-bond donors (Lipinski definition) is 1. The molecule has 0 aliphatic heterocycles. The van der Waals surface area contributed by atoms with Gasteiger partial charge in [-0.3, -0.25) is 0 Å². The highest BCUT2D eigenvalue weighted by atomic mass is 79.9. The Morgan fingerprint density at radius 2 is 2.36 bits per heavy atom. The predicted molar refractivity (Wildman–Crippen MR) is 63.7 cm³/mol. The van der Waals surface area contributed by atoms with E-state index < -0.39 is 5.60 Å². The summed E-state index contributed by atoms with van der Waals surface area (Å²) in [5, 5.41) is 12.5. The zero-order valence-electron chi connectivity index (χ0n) is 8.29. The second kappa shape index (κ2) is 3.95. The molecule has 1 fully saturated rings. The third kappa shape index (κ3) is 2.20. The largest absolute Gasteiger partial charge is 0.389 e. The molecule has 78 valence electrons. The minimum absolute atomic E-state index is 0.440. The third-order valence-electron chi connectivity index (χ3n) is 3.05. The molecule has 1 atom stereocenters. The van der Waals surface area contributed by atoms with Crippen LogP contribution in [0.4, 0.5) is 0 Å². The number of halogens is 1. The number of aliphatic hydroxyl groups is 1. The fourth-order valence-corrected chi connectivity index (χ4v) is 3.50. The van der Waals surface area contributed by atoms with Crippen LogP contribution in [-0.2, 0) is 6.42 Å². The van der Waals surface area contributed by atoms with Gasteiger partial charge in [0.05, 0.1) is 5.60 Å². The van der Waals surface area contributed by atoms with Gasteiger partial charge in [0.25, 0.3) is 0 Å². The number of thiophene rings is 1. The van der Waals surface area contributed by atoms with Crippen molar-refractivity contribution in [3.05, 3.63) is 20.8 Å². The monoisotopic (exact) mass is 274 g/mol. The molecule has 1 N–H and O–H groups in total. The van der Waals surface area contributed by atoms with Crippen LogP contribution >= 0.6 is 27.3 Å². The molecule has 2 rings (SSSR count). The van der Waals surface area contributed by atoms with E-state index in [1.165, 1.54) is 17.7 Å². The Morgan fingerprint density at radius 1 is 1.64 bits per heavy atom. The lowest BCUT2D eigenvalue weighted by Gasteiger charge is -2.26. The van der Waals surface area contributed by atoms with Crippen LogP contribution in [0.2, 0.25) is 0 Å². The Balaban J connectivity index is 2.07. The van der Waals surface area contributed by atoms with Gasteiger partial charge in [-0.1, -0.05) is 6.92 Å². The molecule has 0 radical (unpaired) electrons. The van der Waals surface area contributed by atoms with Gasteiger partial charge in [-0.05, 0) is 47.2 Å². The van der Waals surface area contributed by atoms with Gasteiger partial charge < -0.3 is 5.11 Å². The van der Waals surface area contributed by atoms with E-state index in [1.54, 1.807) is 11.3 Å². The summed E-state index contributed by atoms with van der Waals surface area (Å²) in [4.78, 5) is 1.29. The summed E-state index contributed by atoms with van der Waals surface area (Å²) < 4.78 is 1.13. The quantitative estimate of drug-likeness (QED) is 0.890. The van der Waals surface area contributed by atoms with Crippen molar-refractivity contribution in [1.29, 1.82) is 0 Å². The Kier molecular flexibility index (Phi) is 3.01. The smallest absolute Gasteiger partial charge is 0.0721 e. The van der Waals surface area contributed by atoms with Crippen LogP contribution in [0.5, 0.6) is 0 Å². The molecule has 0 bridgehead atoms. The molecule has 1 heterocycles. The van der Waals surface area contributed by atoms with Gasteiger partial charge in [0.2, 0.25) is 0 Å². The summed E-state index contributed by atoms with van der Waals surface area (Å²) in [5.41, 5.74) is -0.440. The highest BCUT2D eigenvalue weighted by molar-refractivity contribution is 9.10. The topological polar surface area (TPSA) is 20.2 Å². The van der Waals surface area contributed by atoms with E-state index in [1.807, 2.05) is 0 Å². The van der Waals surface area contributed by atoms with Crippen molar-refractivity contribution < 1.29 is 5.11 Å². The maximum absolute atomic E-state index is 10.4. The summed E-state index contributed by atoms with van der Waals surface area (Å²) in [5.74, 6) is 0.549. The Labute approximate surface area is 97.3 Å². The summed E-state index contributed by atoms with van der Waals surface area (Å²) in [6.07, 6.45) is 4.10. The fraction of sp³-hybridized carbons (Fsp3) is 0.636. The summed E-state index contributed by atoms with van der Waals surface area (Å²) in [7, 11) is 0. The lowest BCUT2D eigenvalue weighted by atomic mass is 9.90. The molecular weight excluding hydrogens is 260 g/mol. The van der Waals surface area contributed by atoms with Crippen molar-refractivity contribution in [3.8, 4) is 0 Å². The fourth-order valence-electron chi connectivity index (χ4n) is 1.93. The lowest BCUT2D eigenvalue weighted by Crippen LogP contribution is -2.32. The van der Waals surface area contributed by atoms with Crippen LogP contribution in [-0.4, -0.2) is 10.7 Å². The third-order valence-corrected chi connectivity index (χ3v) is 4.75. The zero-order valence-corrected chi connectivity index (χ0v) is 10.7. The van der Waals surface area contributed by atoms with Gasteiger partial charge in [-0.15, -0.1) is 11.3 Å². The van der Waals surface area contributed by atoms with Crippen LogP contribution in [0.3, 0.4) is 0 Å². The summed E-state index contributed by atoms with van der Waals surface area (Å²) >= 11 is 5.17. The van der Waals surface area contributed by atoms with Crippen LogP contribution in [0.15, 0.2) is 15.9 Å². The van der Waals surface area contributed by atoms with Gasteiger partial charge in [-0.2, -0.15) is 0 Å². The first-order chi connectivity index (χ1) is 6.64. The Hall–Kier alpha value is 0.140. The van der Waals surface area contributed by atoms with E-state index >= 15 is 0 Å². The van der Waals surface area contributed by atoms with E-state index in [0.29, 0.717) is 5.92 Å². The molecule has 0 saturated heterocycles. The standard InChI is InChI=1S/C11H15BrOS/c1-2-11(13,8-3-4-8)6-10-5-9(12)7-14-10/h5,7-8,13H,2-4,6H2,1H3. The summed E-state index contributed by atoms with van der Waals surface area (Å²) in [6.45, 7) is 2.08. The first kappa shape index (κ1) is 10.7. The van der Waals surface area contributed by atoms with Crippen LogP contribution in [0, 0.1) is 5.92 Å². The molecule has 1 unspecified atom stereocenters. The predicted octanol–water partition coefficient (Wildman–Crippen LogP) is 3.60. The minimum atomic E-state index is -0.440. The highest BCUT2D eigenvalue weighted by Crippen LogP contribution is 2.43. The molecule has 1 nitrogen and oxygen atoms in total. The maximum atomic E-state index is 10.4. The van der Waals surface area contributed by atoms with Crippen molar-refractivity contribution in [1.82, 2.24) is 0 Å². The Morgan fingerprint density at radius 3 is 2.79 bits per heavy atom. The first-order valence-corrected chi connectivity index (χ1v) is 6.76. The number of hydrogen-bond acceptors (Lipinski definition) is 2. The van der Waals surface area contributed by atoms with E-state index in [-0.39, 0.29) is 0 Å². The van der Waals surface area contributed by atoms with Gasteiger partial charge in [0.15, 0.2) is 0 Å². The number of rotatable bonds is 4. The van der Waals surface area contributed by atoms with E-state index in [0.717, 1.165) is 17.3 Å². The van der Waals surface area contributed by atoms with Gasteiger partial charge in [0.1, 0.15) is 0 Å². The van der Waals surface area contributed by atoms with Crippen LogP contribution in [0.25, 0.3) is 0 Å². The van der Waals surface area contributed by atoms with Gasteiger partial charge in [0, 0.05) is 21.2 Å².